The van der Waals surface area contributed by atoms with Gasteiger partial charge < -0.3 is 10.2 Å². The summed E-state index contributed by atoms with van der Waals surface area (Å²) in [5, 5.41) is 4.03. The maximum atomic E-state index is 14.0. The molecule has 0 aliphatic rings. The number of benzene rings is 3. The maximum absolute atomic E-state index is 14.0. The van der Waals surface area contributed by atoms with Crippen LogP contribution in [0.3, 0.4) is 0 Å². The normalized spacial score (nSPS) is 12.1. The smallest absolute Gasteiger partial charge is 0.264 e. The Morgan fingerprint density at radius 3 is 2.23 bits per heavy atom. The molecule has 1 atom stereocenters. The summed E-state index contributed by atoms with van der Waals surface area (Å²) in [7, 11) is -4.17. The fourth-order valence-electron chi connectivity index (χ4n) is 4.08. The van der Waals surface area contributed by atoms with Crippen LogP contribution in [0, 0.1) is 6.92 Å². The highest BCUT2D eigenvalue weighted by atomic mass is 35.5. The number of aryl methyl sites for hydroxylation is 1. The number of nitrogens with zero attached hydrogens (tertiary/aromatic N) is 2. The van der Waals surface area contributed by atoms with E-state index in [1.165, 1.54) is 17.0 Å². The second-order valence-corrected chi connectivity index (χ2v) is 12.5. The molecular weight excluding hydrogens is 593 g/mol. The van der Waals surface area contributed by atoms with Gasteiger partial charge in [-0.3, -0.25) is 13.9 Å². The van der Waals surface area contributed by atoms with Gasteiger partial charge in [-0.1, -0.05) is 72.4 Å². The van der Waals surface area contributed by atoms with Gasteiger partial charge in [0, 0.05) is 28.2 Å². The predicted octanol–water partition coefficient (Wildman–Crippen LogP) is 6.48. The van der Waals surface area contributed by atoms with Crippen LogP contribution in [0.5, 0.6) is 0 Å². The van der Waals surface area contributed by atoms with Crippen LogP contribution in [0.4, 0.5) is 5.69 Å². The van der Waals surface area contributed by atoms with Crippen LogP contribution >= 0.6 is 34.8 Å². The molecule has 1 unspecified atom stereocenters. The van der Waals surface area contributed by atoms with Gasteiger partial charge >= 0.3 is 0 Å². The molecule has 0 saturated heterocycles. The summed E-state index contributed by atoms with van der Waals surface area (Å²) >= 11 is 18.6. The van der Waals surface area contributed by atoms with E-state index in [4.69, 9.17) is 34.8 Å². The van der Waals surface area contributed by atoms with Gasteiger partial charge in [-0.25, -0.2) is 8.42 Å². The molecule has 0 spiro atoms. The van der Waals surface area contributed by atoms with Gasteiger partial charge in [0.05, 0.1) is 10.6 Å². The molecule has 214 valence electrons. The van der Waals surface area contributed by atoms with E-state index in [1.807, 2.05) is 6.92 Å². The van der Waals surface area contributed by atoms with Crippen molar-refractivity contribution >= 4 is 62.3 Å². The molecule has 0 aliphatic carbocycles. The van der Waals surface area contributed by atoms with Crippen molar-refractivity contribution in [3.63, 3.8) is 0 Å². The molecule has 3 rings (SSSR count). The SMILES string of the molecule is CCCCNC(=O)C(C)N(Cc1ccc(Cl)cc1Cl)C(=O)CN(c1ccc(Cl)cc1C)S(=O)(=O)c1ccccc1. The molecule has 11 heteroatoms. The average Bonchev–Trinajstić information content (AvgIpc) is 2.91. The predicted molar refractivity (Wildman–Crippen MR) is 162 cm³/mol. The Morgan fingerprint density at radius 1 is 0.950 bits per heavy atom. The second kappa shape index (κ2) is 14.2. The second-order valence-electron chi connectivity index (χ2n) is 9.33. The standard InChI is InChI=1S/C29H32Cl3N3O4S/c1-4-5-15-33-29(37)21(3)34(18-22-11-12-24(31)17-26(22)32)28(36)19-35(27-14-13-23(30)16-20(27)2)40(38,39)25-9-7-6-8-10-25/h6-14,16-17,21H,4-5,15,18-19H2,1-3H3,(H,33,37). The summed E-state index contributed by atoms with van der Waals surface area (Å²) in [5.74, 6) is -0.940. The Morgan fingerprint density at radius 2 is 1.60 bits per heavy atom. The number of carbonyl (C=O) groups is 2. The third-order valence-corrected chi connectivity index (χ3v) is 8.99. The van der Waals surface area contributed by atoms with Gasteiger partial charge in [0.25, 0.3) is 10.0 Å². The van der Waals surface area contributed by atoms with Gasteiger partial charge in [0.2, 0.25) is 11.8 Å². The van der Waals surface area contributed by atoms with E-state index >= 15 is 0 Å². The fourth-order valence-corrected chi connectivity index (χ4v) is 6.28. The third kappa shape index (κ3) is 7.91. The van der Waals surface area contributed by atoms with E-state index in [1.54, 1.807) is 68.4 Å². The van der Waals surface area contributed by atoms with E-state index in [-0.39, 0.29) is 17.3 Å². The van der Waals surface area contributed by atoms with Crippen molar-refractivity contribution in [3.05, 3.63) is 92.9 Å². The van der Waals surface area contributed by atoms with Crippen molar-refractivity contribution in [1.29, 1.82) is 0 Å². The minimum Gasteiger partial charge on any atom is -0.354 e. The van der Waals surface area contributed by atoms with E-state index < -0.39 is 28.5 Å². The number of halogens is 3. The zero-order valence-corrected chi connectivity index (χ0v) is 25.6. The molecule has 0 aliphatic heterocycles. The first kappa shape index (κ1) is 31.7. The van der Waals surface area contributed by atoms with Crippen LogP contribution in [0.2, 0.25) is 15.1 Å². The zero-order chi connectivity index (χ0) is 29.4. The summed E-state index contributed by atoms with van der Waals surface area (Å²) in [4.78, 5) is 28.4. The summed E-state index contributed by atoms with van der Waals surface area (Å²) in [6, 6.07) is 16.6. The molecular formula is C29H32Cl3N3O4S. The van der Waals surface area contributed by atoms with Crippen LogP contribution in [0.1, 0.15) is 37.8 Å². The van der Waals surface area contributed by atoms with Crippen LogP contribution in [0.15, 0.2) is 71.6 Å². The Bertz CT molecular complexity index is 1450. The van der Waals surface area contributed by atoms with E-state index in [9.17, 15) is 18.0 Å². The van der Waals surface area contributed by atoms with Crippen molar-refractivity contribution in [1.82, 2.24) is 10.2 Å². The largest absolute Gasteiger partial charge is 0.354 e. The number of hydrogen-bond donors (Lipinski definition) is 1. The number of amides is 2. The third-order valence-electron chi connectivity index (χ3n) is 6.39. The summed E-state index contributed by atoms with van der Waals surface area (Å²) < 4.78 is 28.8. The van der Waals surface area contributed by atoms with E-state index in [0.717, 1.165) is 17.1 Å². The molecule has 3 aromatic rings. The van der Waals surface area contributed by atoms with Gasteiger partial charge in [0.15, 0.2) is 0 Å². The number of carbonyl (C=O) groups excluding carboxylic acids is 2. The topological polar surface area (TPSA) is 86.8 Å². The highest BCUT2D eigenvalue weighted by Crippen LogP contribution is 2.30. The summed E-state index contributed by atoms with van der Waals surface area (Å²) in [5.41, 5.74) is 1.43. The van der Waals surface area contributed by atoms with Gasteiger partial charge in [-0.2, -0.15) is 0 Å². The molecule has 0 radical (unpaired) electrons. The molecule has 40 heavy (non-hydrogen) atoms. The molecule has 0 heterocycles. The molecule has 0 saturated carbocycles. The Balaban J connectivity index is 2.04. The fraction of sp³-hybridized carbons (Fsp3) is 0.310. The molecule has 7 nitrogen and oxygen atoms in total. The van der Waals surface area contributed by atoms with Gasteiger partial charge in [-0.05, 0) is 73.9 Å². The Labute approximate surface area is 251 Å². The van der Waals surface area contributed by atoms with Crippen molar-refractivity contribution in [2.24, 2.45) is 0 Å². The molecule has 0 bridgehead atoms. The minimum absolute atomic E-state index is 0.0230. The lowest BCUT2D eigenvalue weighted by atomic mass is 10.1. The summed E-state index contributed by atoms with van der Waals surface area (Å²) in [6.07, 6.45) is 1.68. The molecule has 0 aromatic heterocycles. The first-order chi connectivity index (χ1) is 18.9. The first-order valence-electron chi connectivity index (χ1n) is 12.8. The lowest BCUT2D eigenvalue weighted by Crippen LogP contribution is -2.51. The van der Waals surface area contributed by atoms with Gasteiger partial charge in [0.1, 0.15) is 12.6 Å². The average molecular weight is 625 g/mol. The number of sulfonamides is 1. The molecule has 0 fully saturated rings. The lowest BCUT2D eigenvalue weighted by Gasteiger charge is -2.32. The van der Waals surface area contributed by atoms with Crippen molar-refractivity contribution < 1.29 is 18.0 Å². The number of anilines is 1. The van der Waals surface area contributed by atoms with Crippen LogP contribution < -0.4 is 9.62 Å². The highest BCUT2D eigenvalue weighted by molar-refractivity contribution is 7.92. The van der Waals surface area contributed by atoms with Gasteiger partial charge in [-0.15, -0.1) is 0 Å². The molecule has 3 aromatic carbocycles. The molecule has 2 amide bonds. The van der Waals surface area contributed by atoms with Crippen molar-refractivity contribution in [2.75, 3.05) is 17.4 Å². The Kier molecular flexibility index (Phi) is 11.3. The van der Waals surface area contributed by atoms with Crippen LogP contribution in [0.25, 0.3) is 0 Å². The quantitative estimate of drug-likeness (QED) is 0.234. The zero-order valence-electron chi connectivity index (χ0n) is 22.5. The number of unbranched alkanes of at least 4 members (excludes halogenated alkanes) is 1. The minimum atomic E-state index is -4.17. The van der Waals surface area contributed by atoms with E-state index in [0.29, 0.717) is 38.4 Å². The van der Waals surface area contributed by atoms with Crippen LogP contribution in [-0.4, -0.2) is 44.3 Å². The highest BCUT2D eigenvalue weighted by Gasteiger charge is 2.33. The van der Waals surface area contributed by atoms with E-state index in [2.05, 4.69) is 5.32 Å². The number of rotatable bonds is 12. The lowest BCUT2D eigenvalue weighted by molar-refractivity contribution is -0.139. The molecule has 1 N–H and O–H groups in total. The monoisotopic (exact) mass is 623 g/mol. The van der Waals surface area contributed by atoms with Crippen LogP contribution in [-0.2, 0) is 26.2 Å². The first-order valence-corrected chi connectivity index (χ1v) is 15.4. The number of hydrogen-bond acceptors (Lipinski definition) is 4. The number of nitrogens with one attached hydrogen (secondary N) is 1. The maximum Gasteiger partial charge on any atom is 0.264 e. The summed E-state index contributed by atoms with van der Waals surface area (Å²) in [6.45, 7) is 5.20. The Hall–Kier alpha value is -2.78. The van der Waals surface area contributed by atoms with Crippen molar-refractivity contribution in [3.8, 4) is 0 Å². The van der Waals surface area contributed by atoms with Crippen molar-refractivity contribution in [2.45, 2.75) is 51.1 Å².